The summed E-state index contributed by atoms with van der Waals surface area (Å²) < 4.78 is 7.66. The molecule has 0 amide bonds. The van der Waals surface area contributed by atoms with Crippen molar-refractivity contribution in [3.05, 3.63) is 34.2 Å². The molecule has 1 N–H and O–H groups in total. The minimum absolute atomic E-state index is 0.205. The highest BCUT2D eigenvalue weighted by atomic mass is 32.2. The van der Waals surface area contributed by atoms with Crippen molar-refractivity contribution >= 4 is 33.7 Å². The Morgan fingerprint density at radius 1 is 1.24 bits per heavy atom. The van der Waals surface area contributed by atoms with Crippen LogP contribution in [0.25, 0.3) is 22.4 Å². The van der Waals surface area contributed by atoms with Crippen LogP contribution in [0, 0.1) is 0 Å². The Morgan fingerprint density at radius 3 is 2.67 bits per heavy atom. The van der Waals surface area contributed by atoms with E-state index in [0.717, 1.165) is 47.9 Å². The van der Waals surface area contributed by atoms with Gasteiger partial charge in [-0.25, -0.2) is 4.98 Å². The van der Waals surface area contributed by atoms with Gasteiger partial charge in [0, 0.05) is 25.8 Å². The molecule has 0 aliphatic heterocycles. The molecule has 178 valence electrons. The molecule has 1 aromatic carbocycles. The molecule has 0 unspecified atom stereocenters. The third kappa shape index (κ3) is 5.24. The predicted octanol–water partition coefficient (Wildman–Crippen LogP) is 4.63. The number of nitrogens with one attached hydrogen (secondary N) is 1. The van der Waals surface area contributed by atoms with Crippen molar-refractivity contribution in [2.45, 2.75) is 47.0 Å². The first kappa shape index (κ1) is 24.8. The van der Waals surface area contributed by atoms with Gasteiger partial charge in [-0.05, 0) is 51.1 Å². The lowest BCUT2D eigenvalue weighted by Gasteiger charge is -2.25. The number of aliphatic imine (C=N–C) groups is 1. The van der Waals surface area contributed by atoms with E-state index in [-0.39, 0.29) is 5.56 Å². The van der Waals surface area contributed by atoms with E-state index in [4.69, 9.17) is 9.72 Å². The van der Waals surface area contributed by atoms with Crippen molar-refractivity contribution < 1.29 is 4.74 Å². The van der Waals surface area contributed by atoms with Crippen molar-refractivity contribution in [1.82, 2.24) is 19.7 Å². The number of ether oxygens (including phenoxy) is 1. The monoisotopic (exact) mass is 470 g/mol. The molecule has 0 saturated heterocycles. The Balaban J connectivity index is 2.22. The van der Waals surface area contributed by atoms with E-state index in [1.165, 1.54) is 0 Å². The fraction of sp³-hybridized carbons (Fsp3) is 0.500. The second-order valence-corrected chi connectivity index (χ2v) is 8.44. The topological polar surface area (TPSA) is 88.4 Å². The average Bonchev–Trinajstić information content (AvgIpc) is 3.13. The first-order valence-corrected chi connectivity index (χ1v) is 12.8. The number of aryl methyl sites for hydroxylation is 2. The number of benzene rings is 1. The van der Waals surface area contributed by atoms with Gasteiger partial charge in [-0.1, -0.05) is 32.0 Å². The van der Waals surface area contributed by atoms with Gasteiger partial charge in [0.2, 0.25) is 0 Å². The maximum Gasteiger partial charge on any atom is 0.277 e. The molecule has 2 heterocycles. The molecular formula is C24H34N6O2S. The molecule has 0 saturated carbocycles. The summed E-state index contributed by atoms with van der Waals surface area (Å²) >= 11 is 1.62. The summed E-state index contributed by atoms with van der Waals surface area (Å²) in [4.78, 5) is 27.7. The molecule has 3 rings (SSSR count). The van der Waals surface area contributed by atoms with Gasteiger partial charge in [0.1, 0.15) is 17.1 Å². The van der Waals surface area contributed by atoms with Crippen LogP contribution >= 0.6 is 11.8 Å². The molecule has 0 radical (unpaired) electrons. The summed E-state index contributed by atoms with van der Waals surface area (Å²) in [6, 6.07) is 6.01. The lowest BCUT2D eigenvalue weighted by molar-refractivity contribution is 0.318. The molecule has 0 spiro atoms. The maximum absolute atomic E-state index is 13.0. The van der Waals surface area contributed by atoms with Crippen LogP contribution in [0.5, 0.6) is 5.75 Å². The summed E-state index contributed by atoms with van der Waals surface area (Å²) in [5.41, 5.74) is 3.49. The van der Waals surface area contributed by atoms with Crippen LogP contribution < -0.4 is 15.2 Å². The minimum Gasteiger partial charge on any atom is -0.493 e. The lowest BCUT2D eigenvalue weighted by Crippen LogP contribution is -2.28. The van der Waals surface area contributed by atoms with Crippen LogP contribution in [0.3, 0.4) is 0 Å². The Bertz CT molecular complexity index is 1180. The van der Waals surface area contributed by atoms with Crippen molar-refractivity contribution in [3.63, 3.8) is 0 Å². The number of rotatable bonds is 9. The molecule has 0 bridgehead atoms. The third-order valence-electron chi connectivity index (χ3n) is 5.26. The number of H-pyrrole nitrogens is 1. The average molecular weight is 471 g/mol. The molecule has 2 aromatic heterocycles. The molecule has 0 aliphatic rings. The second-order valence-electron chi connectivity index (χ2n) is 7.67. The summed E-state index contributed by atoms with van der Waals surface area (Å²) in [7, 11) is 1.78. The van der Waals surface area contributed by atoms with Gasteiger partial charge in [-0.2, -0.15) is 5.10 Å². The van der Waals surface area contributed by atoms with Crippen LogP contribution in [0.15, 0.2) is 28.0 Å². The number of fused-ring (bicyclic) bond motifs is 1. The van der Waals surface area contributed by atoms with Gasteiger partial charge < -0.3 is 14.6 Å². The van der Waals surface area contributed by atoms with E-state index >= 15 is 0 Å². The summed E-state index contributed by atoms with van der Waals surface area (Å²) in [5.74, 6) is 1.18. The molecule has 0 fully saturated rings. The van der Waals surface area contributed by atoms with E-state index in [0.29, 0.717) is 35.8 Å². The fourth-order valence-corrected chi connectivity index (χ4v) is 4.53. The molecule has 3 aromatic rings. The molecule has 8 nitrogen and oxygen atoms in total. The zero-order chi connectivity index (χ0) is 24.0. The third-order valence-corrected chi connectivity index (χ3v) is 5.98. The maximum atomic E-state index is 13.0. The highest BCUT2D eigenvalue weighted by Crippen LogP contribution is 2.33. The van der Waals surface area contributed by atoms with E-state index in [1.807, 2.05) is 31.4 Å². The van der Waals surface area contributed by atoms with Gasteiger partial charge in [0.25, 0.3) is 5.56 Å². The normalized spacial score (nSPS) is 11.9. The molecule has 0 aliphatic carbocycles. The van der Waals surface area contributed by atoms with Gasteiger partial charge in [-0.3, -0.25) is 14.5 Å². The number of thioether (sulfide) groups is 1. The van der Waals surface area contributed by atoms with Crippen LogP contribution in [-0.4, -0.2) is 50.9 Å². The second kappa shape index (κ2) is 11.4. The standard InChI is InChI=1S/C24H34N6O2S/c1-7-11-18-20-21(29(5)28-18)23(31)27-22(26-20)17-15-16(12-13-19(17)32-14-8-2)30(10-4)24(33-6)25-9-3/h12-13,15H,7-11,14H2,1-6H3,(H,26,27,31). The van der Waals surface area contributed by atoms with Crippen LogP contribution in [0.4, 0.5) is 5.69 Å². The first-order valence-electron chi connectivity index (χ1n) is 11.6. The number of anilines is 1. The van der Waals surface area contributed by atoms with Crippen LogP contribution in [-0.2, 0) is 13.5 Å². The highest BCUT2D eigenvalue weighted by molar-refractivity contribution is 8.13. The predicted molar refractivity (Wildman–Crippen MR) is 139 cm³/mol. The largest absolute Gasteiger partial charge is 0.493 e. The number of aromatic amines is 1. The number of nitrogens with zero attached hydrogens (tertiary/aromatic N) is 5. The summed E-state index contributed by atoms with van der Waals surface area (Å²) in [6.45, 7) is 10.3. The molecule has 0 atom stereocenters. The quantitative estimate of drug-likeness (QED) is 0.362. The lowest BCUT2D eigenvalue weighted by atomic mass is 10.1. The Kier molecular flexibility index (Phi) is 8.55. The minimum atomic E-state index is -0.205. The summed E-state index contributed by atoms with van der Waals surface area (Å²) in [5, 5.41) is 5.48. The summed E-state index contributed by atoms with van der Waals surface area (Å²) in [6.07, 6.45) is 4.60. The molecule has 33 heavy (non-hydrogen) atoms. The number of hydrogen-bond donors (Lipinski definition) is 1. The van der Waals surface area contributed by atoms with Gasteiger partial charge >= 0.3 is 0 Å². The Labute approximate surface area is 199 Å². The Hall–Kier alpha value is -2.81. The van der Waals surface area contributed by atoms with E-state index in [1.54, 1.807) is 23.5 Å². The van der Waals surface area contributed by atoms with Crippen molar-refractivity contribution in [3.8, 4) is 17.1 Å². The molecular weight excluding hydrogens is 436 g/mol. The van der Waals surface area contributed by atoms with Crippen molar-refractivity contribution in [1.29, 1.82) is 0 Å². The zero-order valence-corrected chi connectivity index (χ0v) is 21.3. The van der Waals surface area contributed by atoms with Gasteiger partial charge in [0.15, 0.2) is 10.7 Å². The van der Waals surface area contributed by atoms with Gasteiger partial charge in [0.05, 0.1) is 17.9 Å². The highest BCUT2D eigenvalue weighted by Gasteiger charge is 2.19. The zero-order valence-electron chi connectivity index (χ0n) is 20.4. The van der Waals surface area contributed by atoms with Crippen molar-refractivity contribution in [2.75, 3.05) is 30.9 Å². The molecule has 9 heteroatoms. The fourth-order valence-electron chi connectivity index (χ4n) is 3.81. The van der Waals surface area contributed by atoms with Gasteiger partial charge in [-0.15, -0.1) is 0 Å². The number of amidine groups is 1. The van der Waals surface area contributed by atoms with Crippen LogP contribution in [0.2, 0.25) is 0 Å². The first-order chi connectivity index (χ1) is 16.0. The van der Waals surface area contributed by atoms with E-state index in [2.05, 4.69) is 40.7 Å². The Morgan fingerprint density at radius 2 is 2.03 bits per heavy atom. The number of aromatic nitrogens is 4. The van der Waals surface area contributed by atoms with E-state index in [9.17, 15) is 4.79 Å². The van der Waals surface area contributed by atoms with Crippen LogP contribution in [0.1, 0.15) is 46.2 Å². The number of hydrogen-bond acceptors (Lipinski definition) is 6. The van der Waals surface area contributed by atoms with Crippen molar-refractivity contribution in [2.24, 2.45) is 12.0 Å². The smallest absolute Gasteiger partial charge is 0.277 e. The SMILES string of the molecule is CCCOc1ccc(N(CC)C(=NCC)SC)cc1-c1nc2c(CCC)nn(C)c2c(=O)[nH]1. The van der Waals surface area contributed by atoms with E-state index < -0.39 is 0 Å².